The van der Waals surface area contributed by atoms with Gasteiger partial charge in [0.2, 0.25) is 0 Å². The summed E-state index contributed by atoms with van der Waals surface area (Å²) in [7, 11) is 0. The minimum Gasteiger partial charge on any atom is -0.550 e. The molecule has 0 rings (SSSR count). The molecule has 0 aliphatic rings. The first-order valence-corrected chi connectivity index (χ1v) is 8.18. The van der Waals surface area contributed by atoms with Gasteiger partial charge in [0.25, 0.3) is 0 Å². The zero-order valence-corrected chi connectivity index (χ0v) is 13.2. The highest BCUT2D eigenvalue weighted by Crippen LogP contribution is 2.15. The van der Waals surface area contributed by atoms with Crippen molar-refractivity contribution in [3.8, 4) is 0 Å². The van der Waals surface area contributed by atoms with Crippen molar-refractivity contribution < 1.29 is 19.7 Å². The third kappa shape index (κ3) is 13.8. The molecular weight excluding hydrogens is 256 g/mol. The second-order valence-electron chi connectivity index (χ2n) is 5.36. The smallest absolute Gasteiger partial charge is 0.0930 e. The van der Waals surface area contributed by atoms with Crippen molar-refractivity contribution in [2.45, 2.75) is 90.6 Å². The first kappa shape index (κ1) is 19.4. The van der Waals surface area contributed by atoms with Gasteiger partial charge in [0.15, 0.2) is 0 Å². The van der Waals surface area contributed by atoms with Crippen LogP contribution in [0.1, 0.15) is 84.5 Å². The highest BCUT2D eigenvalue weighted by Gasteiger charge is 2.10. The Morgan fingerprint density at radius 3 is 2.25 bits per heavy atom. The topological polar surface area (TPSA) is 58.6 Å². The van der Waals surface area contributed by atoms with Gasteiger partial charge in [0.1, 0.15) is 0 Å². The van der Waals surface area contributed by atoms with E-state index in [2.05, 4.69) is 13.8 Å². The van der Waals surface area contributed by atoms with E-state index in [9.17, 15) is 9.90 Å². The van der Waals surface area contributed by atoms with Crippen molar-refractivity contribution in [2.24, 2.45) is 0 Å². The van der Waals surface area contributed by atoms with Gasteiger partial charge in [0.05, 0.1) is 12.7 Å². The Morgan fingerprint density at radius 1 is 0.950 bits per heavy atom. The largest absolute Gasteiger partial charge is 0.550 e. The van der Waals surface area contributed by atoms with Gasteiger partial charge in [-0.1, -0.05) is 52.4 Å². The van der Waals surface area contributed by atoms with E-state index in [1.54, 1.807) is 0 Å². The van der Waals surface area contributed by atoms with Crippen LogP contribution in [0, 0.1) is 0 Å². The molecule has 0 spiro atoms. The normalized spacial score (nSPS) is 12.5. The molecule has 0 aromatic carbocycles. The van der Waals surface area contributed by atoms with Gasteiger partial charge in [0, 0.05) is 5.97 Å². The fourth-order valence-corrected chi connectivity index (χ4v) is 2.04. The Hall–Kier alpha value is -0.610. The van der Waals surface area contributed by atoms with Crippen LogP contribution in [-0.2, 0) is 14.6 Å². The van der Waals surface area contributed by atoms with Crippen LogP contribution in [-0.4, -0.2) is 18.7 Å². The summed E-state index contributed by atoms with van der Waals surface area (Å²) in [6, 6.07) is 0. The zero-order valence-electron chi connectivity index (χ0n) is 13.2. The number of carbonyl (C=O) groups is 1. The molecular formula is C16H31O4-. The Labute approximate surface area is 123 Å². The maximum Gasteiger partial charge on any atom is 0.0930 e. The Bertz CT molecular complexity index is 219. The molecule has 0 aliphatic heterocycles. The average Bonchev–Trinajstić information content (AvgIpc) is 2.42. The highest BCUT2D eigenvalue weighted by atomic mass is 17.2. The zero-order chi connectivity index (χ0) is 15.1. The van der Waals surface area contributed by atoms with Gasteiger partial charge < -0.3 is 9.90 Å². The molecule has 0 bridgehead atoms. The van der Waals surface area contributed by atoms with Crippen LogP contribution < -0.4 is 5.11 Å². The van der Waals surface area contributed by atoms with Gasteiger partial charge in [-0.15, -0.1) is 0 Å². The molecule has 0 radical (unpaired) electrons. The van der Waals surface area contributed by atoms with Gasteiger partial charge in [-0.3, -0.25) is 0 Å². The summed E-state index contributed by atoms with van der Waals surface area (Å²) < 4.78 is 0. The van der Waals surface area contributed by atoms with E-state index in [1.807, 2.05) is 0 Å². The number of hydrogen-bond donors (Lipinski definition) is 0. The lowest BCUT2D eigenvalue weighted by atomic mass is 10.0. The van der Waals surface area contributed by atoms with Crippen LogP contribution in [0.3, 0.4) is 0 Å². The minimum absolute atomic E-state index is 0.0211. The Morgan fingerprint density at radius 2 is 1.60 bits per heavy atom. The van der Waals surface area contributed by atoms with Crippen molar-refractivity contribution in [3.63, 3.8) is 0 Å². The van der Waals surface area contributed by atoms with Gasteiger partial charge in [-0.2, -0.15) is 0 Å². The standard InChI is InChI=1S/C16H32O4/c1-3-5-7-8-9-11-15(12-10-13-16(17)18)20-19-14-6-4-2/h15H,3-14H2,1-2H3,(H,17,18)/p-1. The monoisotopic (exact) mass is 287 g/mol. The number of unbranched alkanes of at least 4 members (excludes halogenated alkanes) is 5. The second-order valence-corrected chi connectivity index (χ2v) is 5.36. The van der Waals surface area contributed by atoms with E-state index >= 15 is 0 Å². The van der Waals surface area contributed by atoms with Gasteiger partial charge in [-0.05, 0) is 32.1 Å². The molecule has 0 N–H and O–H groups in total. The van der Waals surface area contributed by atoms with Crippen molar-refractivity contribution in [2.75, 3.05) is 6.61 Å². The fraction of sp³-hybridized carbons (Fsp3) is 0.938. The van der Waals surface area contributed by atoms with Crippen molar-refractivity contribution in [1.82, 2.24) is 0 Å². The molecule has 120 valence electrons. The molecule has 0 amide bonds. The Balaban J connectivity index is 3.75. The van der Waals surface area contributed by atoms with Crippen LogP contribution in [0.25, 0.3) is 0 Å². The summed E-state index contributed by atoms with van der Waals surface area (Å²) >= 11 is 0. The van der Waals surface area contributed by atoms with Crippen molar-refractivity contribution in [1.29, 1.82) is 0 Å². The SMILES string of the molecule is CCCCCCCC(CCCC(=O)[O-])OOCCCC. The minimum atomic E-state index is -0.987. The van der Waals surface area contributed by atoms with E-state index in [1.165, 1.54) is 25.7 Å². The molecule has 4 nitrogen and oxygen atoms in total. The summed E-state index contributed by atoms with van der Waals surface area (Å²) in [5.41, 5.74) is 0. The second kappa shape index (κ2) is 14.8. The molecule has 0 saturated carbocycles. The average molecular weight is 287 g/mol. The van der Waals surface area contributed by atoms with Crippen LogP contribution in [0.15, 0.2) is 0 Å². The number of hydrogen-bond acceptors (Lipinski definition) is 4. The molecule has 0 aromatic rings. The van der Waals surface area contributed by atoms with Crippen molar-refractivity contribution in [3.05, 3.63) is 0 Å². The van der Waals surface area contributed by atoms with E-state index in [4.69, 9.17) is 9.78 Å². The number of aliphatic carboxylic acids is 1. The molecule has 0 fully saturated rings. The molecule has 4 heteroatoms. The number of carboxylic acids is 1. The van der Waals surface area contributed by atoms with Crippen molar-refractivity contribution >= 4 is 5.97 Å². The molecule has 20 heavy (non-hydrogen) atoms. The molecule has 0 saturated heterocycles. The summed E-state index contributed by atoms with van der Waals surface area (Å²) in [5.74, 6) is -0.987. The van der Waals surface area contributed by atoms with Crippen LogP contribution >= 0.6 is 0 Å². The van der Waals surface area contributed by atoms with Crippen LogP contribution in [0.4, 0.5) is 0 Å². The third-order valence-electron chi connectivity index (χ3n) is 3.32. The Kier molecular flexibility index (Phi) is 14.3. The molecule has 0 heterocycles. The maximum atomic E-state index is 10.4. The van der Waals surface area contributed by atoms with E-state index < -0.39 is 5.97 Å². The first-order valence-electron chi connectivity index (χ1n) is 8.18. The fourth-order valence-electron chi connectivity index (χ4n) is 2.04. The first-order chi connectivity index (χ1) is 9.70. The number of carbonyl (C=O) groups excluding carboxylic acids is 1. The predicted molar refractivity (Wildman–Crippen MR) is 78.0 cm³/mol. The van der Waals surface area contributed by atoms with E-state index in [0.717, 1.165) is 32.1 Å². The van der Waals surface area contributed by atoms with Crippen LogP contribution in [0.5, 0.6) is 0 Å². The highest BCUT2D eigenvalue weighted by molar-refractivity contribution is 5.64. The van der Waals surface area contributed by atoms with Gasteiger partial charge >= 0.3 is 0 Å². The number of carboxylic acid groups (broad SMARTS) is 1. The van der Waals surface area contributed by atoms with Crippen LogP contribution in [0.2, 0.25) is 0 Å². The van der Waals surface area contributed by atoms with E-state index in [0.29, 0.717) is 13.0 Å². The maximum absolute atomic E-state index is 10.4. The molecule has 0 aromatic heterocycles. The lowest BCUT2D eigenvalue weighted by Gasteiger charge is -2.16. The molecule has 1 atom stereocenters. The summed E-state index contributed by atoms with van der Waals surface area (Å²) in [6.45, 7) is 4.92. The molecule has 1 unspecified atom stereocenters. The lowest BCUT2D eigenvalue weighted by Crippen LogP contribution is -2.22. The molecule has 0 aliphatic carbocycles. The predicted octanol–water partition coefficient (Wildman–Crippen LogP) is 3.38. The lowest BCUT2D eigenvalue weighted by molar-refractivity contribution is -0.327. The summed E-state index contributed by atoms with van der Waals surface area (Å²) in [5, 5.41) is 10.4. The van der Waals surface area contributed by atoms with E-state index in [-0.39, 0.29) is 12.5 Å². The third-order valence-corrected chi connectivity index (χ3v) is 3.32. The summed E-state index contributed by atoms with van der Waals surface area (Å²) in [4.78, 5) is 21.1. The van der Waals surface area contributed by atoms with Gasteiger partial charge in [-0.25, -0.2) is 9.78 Å². The quantitative estimate of drug-likeness (QED) is 0.263. The number of rotatable bonds is 15. The summed E-state index contributed by atoms with van der Waals surface area (Å²) in [6.07, 6.45) is 10.6.